The van der Waals surface area contributed by atoms with Crippen LogP contribution in [0, 0.1) is 23.7 Å². The summed E-state index contributed by atoms with van der Waals surface area (Å²) in [4.78, 5) is 53.4. The van der Waals surface area contributed by atoms with Crippen molar-refractivity contribution in [3.05, 3.63) is 64.1 Å². The van der Waals surface area contributed by atoms with E-state index in [0.717, 1.165) is 29.7 Å². The summed E-state index contributed by atoms with van der Waals surface area (Å²) in [6.07, 6.45) is 2.92. The number of hydrogen-bond acceptors (Lipinski definition) is 5. The lowest BCUT2D eigenvalue weighted by atomic mass is 9.81. The number of amides is 3. The van der Waals surface area contributed by atoms with Crippen LogP contribution >= 0.6 is 23.2 Å². The van der Waals surface area contributed by atoms with Crippen molar-refractivity contribution in [2.24, 2.45) is 23.7 Å². The molecule has 0 aromatic heterocycles. The molecule has 3 aliphatic rings. The minimum absolute atomic E-state index is 0.125. The van der Waals surface area contributed by atoms with Crippen LogP contribution in [-0.2, 0) is 30.3 Å². The van der Waals surface area contributed by atoms with E-state index in [1.54, 1.807) is 6.07 Å². The van der Waals surface area contributed by atoms with Gasteiger partial charge in [0.25, 0.3) is 5.91 Å². The average molecular weight is 515 g/mol. The molecule has 1 N–H and O–H groups in total. The fraction of sp³-hybridized carbons (Fsp3) is 0.385. The van der Waals surface area contributed by atoms with Crippen molar-refractivity contribution >= 4 is 52.6 Å². The van der Waals surface area contributed by atoms with Gasteiger partial charge < -0.3 is 10.1 Å². The summed E-state index contributed by atoms with van der Waals surface area (Å²) in [6, 6.07) is 12.6. The second kappa shape index (κ2) is 9.63. The third-order valence-electron chi connectivity index (χ3n) is 7.37. The van der Waals surface area contributed by atoms with Crippen LogP contribution in [0.25, 0.3) is 0 Å². The molecular weight excluding hydrogens is 491 g/mol. The van der Waals surface area contributed by atoms with E-state index in [2.05, 4.69) is 5.32 Å². The minimum atomic E-state index is -1.12. The van der Waals surface area contributed by atoms with Gasteiger partial charge in [-0.25, -0.2) is 4.79 Å². The maximum absolute atomic E-state index is 13.4. The molecule has 9 heteroatoms. The van der Waals surface area contributed by atoms with E-state index >= 15 is 0 Å². The molecule has 2 aromatic rings. The molecule has 182 valence electrons. The number of likely N-dealkylation sites (tertiary alicyclic amines) is 1. The Bertz CT molecular complexity index is 1160. The van der Waals surface area contributed by atoms with Crippen LogP contribution in [0.1, 0.15) is 24.8 Å². The molecule has 2 aliphatic carbocycles. The average Bonchev–Trinajstić information content (AvgIpc) is 3.53. The van der Waals surface area contributed by atoms with Gasteiger partial charge in [0.1, 0.15) is 6.04 Å². The number of anilines is 1. The lowest BCUT2D eigenvalue weighted by Gasteiger charge is -2.26. The molecule has 5 rings (SSSR count). The van der Waals surface area contributed by atoms with Crippen LogP contribution in [-0.4, -0.2) is 41.2 Å². The molecule has 1 saturated heterocycles. The number of imide groups is 1. The van der Waals surface area contributed by atoms with Gasteiger partial charge in [0.05, 0.1) is 21.9 Å². The Hall–Kier alpha value is -2.90. The second-order valence-electron chi connectivity index (χ2n) is 9.42. The number of carbonyl (C=O) groups is 4. The molecule has 1 heterocycles. The Morgan fingerprint density at radius 1 is 0.971 bits per heavy atom. The molecule has 3 fully saturated rings. The molecule has 2 saturated carbocycles. The molecule has 2 bridgehead atoms. The molecule has 0 spiro atoms. The second-order valence-corrected chi connectivity index (χ2v) is 10.2. The van der Waals surface area contributed by atoms with E-state index in [4.69, 9.17) is 27.9 Å². The largest absolute Gasteiger partial charge is 0.454 e. The van der Waals surface area contributed by atoms with Gasteiger partial charge in [0.2, 0.25) is 11.8 Å². The predicted molar refractivity (Wildman–Crippen MR) is 130 cm³/mol. The Labute approximate surface area is 212 Å². The number of rotatable bonds is 7. The summed E-state index contributed by atoms with van der Waals surface area (Å²) in [5, 5.41) is 3.21. The van der Waals surface area contributed by atoms with Gasteiger partial charge in [0, 0.05) is 12.1 Å². The SMILES string of the molecule is O=C(COC(=O)[C@H](Cc1ccccc1)N1C(=O)[C@H]2[C@H]3CC[C@@H](C3)[C@@H]2C1=O)Nc1ccc(Cl)c(Cl)c1. The van der Waals surface area contributed by atoms with Crippen molar-refractivity contribution in [3.8, 4) is 0 Å². The van der Waals surface area contributed by atoms with E-state index < -0.39 is 24.5 Å². The first-order valence-electron chi connectivity index (χ1n) is 11.7. The lowest BCUT2D eigenvalue weighted by Crippen LogP contribution is -2.48. The van der Waals surface area contributed by atoms with Gasteiger partial charge in [0.15, 0.2) is 6.61 Å². The molecular formula is C26H24Cl2N2O5. The van der Waals surface area contributed by atoms with E-state index in [0.29, 0.717) is 10.7 Å². The summed E-state index contributed by atoms with van der Waals surface area (Å²) in [7, 11) is 0. The highest BCUT2D eigenvalue weighted by molar-refractivity contribution is 6.42. The maximum atomic E-state index is 13.4. The topological polar surface area (TPSA) is 92.8 Å². The number of carbonyl (C=O) groups excluding carboxylic acids is 4. The first-order valence-corrected chi connectivity index (χ1v) is 12.4. The van der Waals surface area contributed by atoms with Crippen molar-refractivity contribution in [1.29, 1.82) is 0 Å². The zero-order chi connectivity index (χ0) is 24.7. The molecule has 5 atom stereocenters. The van der Waals surface area contributed by atoms with Crippen molar-refractivity contribution < 1.29 is 23.9 Å². The van der Waals surface area contributed by atoms with Crippen molar-refractivity contribution in [1.82, 2.24) is 4.90 Å². The van der Waals surface area contributed by atoms with E-state index in [-0.39, 0.29) is 46.9 Å². The first-order chi connectivity index (χ1) is 16.8. The van der Waals surface area contributed by atoms with Gasteiger partial charge in [-0.3, -0.25) is 19.3 Å². The predicted octanol–water partition coefficient (Wildman–Crippen LogP) is 4.12. The first kappa shape index (κ1) is 23.8. The Kier molecular flexibility index (Phi) is 6.55. The molecule has 1 aliphatic heterocycles. The monoisotopic (exact) mass is 514 g/mol. The number of esters is 1. The van der Waals surface area contributed by atoms with Gasteiger partial charge in [-0.2, -0.15) is 0 Å². The maximum Gasteiger partial charge on any atom is 0.330 e. The summed E-state index contributed by atoms with van der Waals surface area (Å²) >= 11 is 11.9. The lowest BCUT2D eigenvalue weighted by molar-refractivity contribution is -0.160. The van der Waals surface area contributed by atoms with Gasteiger partial charge in [-0.1, -0.05) is 53.5 Å². The van der Waals surface area contributed by atoms with Crippen LogP contribution in [0.2, 0.25) is 10.0 Å². The van der Waals surface area contributed by atoms with Crippen LogP contribution < -0.4 is 5.32 Å². The fourth-order valence-electron chi connectivity index (χ4n) is 5.86. The Morgan fingerprint density at radius 2 is 1.63 bits per heavy atom. The van der Waals surface area contributed by atoms with Crippen LogP contribution in [0.5, 0.6) is 0 Å². The van der Waals surface area contributed by atoms with E-state index in [1.165, 1.54) is 12.1 Å². The van der Waals surface area contributed by atoms with Crippen molar-refractivity contribution in [3.63, 3.8) is 0 Å². The highest BCUT2D eigenvalue weighted by Gasteiger charge is 2.62. The van der Waals surface area contributed by atoms with Crippen molar-refractivity contribution in [2.45, 2.75) is 31.7 Å². The number of nitrogens with one attached hydrogen (secondary N) is 1. The molecule has 3 amide bonds. The standard InChI is InChI=1S/C26H24Cl2N2O5/c27-18-9-8-17(12-19(18)28)29-21(31)13-35-26(34)20(10-14-4-2-1-3-5-14)30-24(32)22-15-6-7-16(11-15)23(22)25(30)33/h1-5,8-9,12,15-16,20,22-23H,6-7,10-11,13H2,(H,29,31)/t15-,16-,20-,22-,23-/m0/s1. The molecule has 0 radical (unpaired) electrons. The number of halogens is 2. The third-order valence-corrected chi connectivity index (χ3v) is 8.11. The molecule has 35 heavy (non-hydrogen) atoms. The van der Waals surface area contributed by atoms with Crippen LogP contribution in [0.15, 0.2) is 48.5 Å². The zero-order valence-electron chi connectivity index (χ0n) is 18.8. The smallest absolute Gasteiger partial charge is 0.330 e. The quantitative estimate of drug-likeness (QED) is 0.443. The summed E-state index contributed by atoms with van der Waals surface area (Å²) in [5.74, 6) is -2.21. The number of hydrogen-bond donors (Lipinski definition) is 1. The number of ether oxygens (including phenoxy) is 1. The summed E-state index contributed by atoms with van der Waals surface area (Å²) < 4.78 is 5.31. The molecule has 0 unspecified atom stereocenters. The van der Waals surface area contributed by atoms with E-state index in [1.807, 2.05) is 30.3 Å². The van der Waals surface area contributed by atoms with Gasteiger partial charge in [-0.15, -0.1) is 0 Å². The number of fused-ring (bicyclic) bond motifs is 5. The normalized spacial score (nSPS) is 25.5. The zero-order valence-corrected chi connectivity index (χ0v) is 20.3. The highest BCUT2D eigenvalue weighted by Crippen LogP contribution is 2.56. The molecule has 7 nitrogen and oxygen atoms in total. The van der Waals surface area contributed by atoms with E-state index in [9.17, 15) is 19.2 Å². The third kappa shape index (κ3) is 4.55. The number of benzene rings is 2. The Balaban J connectivity index is 1.31. The molecule has 2 aromatic carbocycles. The van der Waals surface area contributed by atoms with Crippen molar-refractivity contribution in [2.75, 3.05) is 11.9 Å². The van der Waals surface area contributed by atoms with Crippen LogP contribution in [0.4, 0.5) is 5.69 Å². The Morgan fingerprint density at radius 3 is 2.26 bits per heavy atom. The fourth-order valence-corrected chi connectivity index (χ4v) is 6.16. The van der Waals surface area contributed by atoms with Gasteiger partial charge >= 0.3 is 5.97 Å². The minimum Gasteiger partial charge on any atom is -0.454 e. The summed E-state index contributed by atoms with van der Waals surface area (Å²) in [6.45, 7) is -0.571. The summed E-state index contributed by atoms with van der Waals surface area (Å²) in [5.41, 5.74) is 1.19. The highest BCUT2D eigenvalue weighted by atomic mass is 35.5. The van der Waals surface area contributed by atoms with Gasteiger partial charge in [-0.05, 0) is 54.9 Å². The number of nitrogens with zero attached hydrogens (tertiary/aromatic N) is 1. The van der Waals surface area contributed by atoms with Crippen LogP contribution in [0.3, 0.4) is 0 Å².